The molecule has 2 aliphatic heterocycles. The van der Waals surface area contributed by atoms with Crippen LogP contribution in [0.25, 0.3) is 22.3 Å². The highest BCUT2D eigenvalue weighted by Gasteiger charge is 2.48. The predicted octanol–water partition coefficient (Wildman–Crippen LogP) is -0.181. The second-order valence-electron chi connectivity index (χ2n) is 9.89. The molecule has 14 nitrogen and oxygen atoms in total. The second-order valence-corrected chi connectivity index (χ2v) is 9.89. The minimum absolute atomic E-state index is 0.229. The van der Waals surface area contributed by atoms with Gasteiger partial charge in [-0.15, -0.1) is 0 Å². The molecule has 4 aromatic rings. The molecule has 2 fully saturated rings. The topological polar surface area (TPSA) is 173 Å². The van der Waals surface area contributed by atoms with E-state index in [9.17, 15) is 15.0 Å². The first-order valence-electron chi connectivity index (χ1n) is 12.6. The van der Waals surface area contributed by atoms with Gasteiger partial charge in [0, 0.05) is 51.2 Å². The summed E-state index contributed by atoms with van der Waals surface area (Å²) in [6, 6.07) is 5.41. The molecule has 0 saturated carbocycles. The number of nitrogens with one attached hydrogen (secondary N) is 1. The van der Waals surface area contributed by atoms with Crippen LogP contribution in [0.5, 0.6) is 0 Å². The number of likely N-dealkylation sites (N-methyl/N-ethyl adjacent to an activating group) is 1. The van der Waals surface area contributed by atoms with Gasteiger partial charge in [-0.1, -0.05) is 0 Å². The van der Waals surface area contributed by atoms with Gasteiger partial charge in [-0.2, -0.15) is 5.10 Å². The molecule has 2 saturated heterocycles. The first kappa shape index (κ1) is 25.2. The van der Waals surface area contributed by atoms with Crippen LogP contribution in [0, 0.1) is 0 Å². The van der Waals surface area contributed by atoms with Gasteiger partial charge in [0.05, 0.1) is 23.0 Å². The van der Waals surface area contributed by atoms with Crippen LogP contribution in [0.15, 0.2) is 43.1 Å². The third-order valence-corrected chi connectivity index (χ3v) is 7.27. The summed E-state index contributed by atoms with van der Waals surface area (Å²) in [4.78, 5) is 30.4. The van der Waals surface area contributed by atoms with Crippen molar-refractivity contribution < 1.29 is 19.7 Å². The summed E-state index contributed by atoms with van der Waals surface area (Å²) in [7, 11) is 3.89. The summed E-state index contributed by atoms with van der Waals surface area (Å²) in [5.74, 6) is -0.0803. The Balaban J connectivity index is 1.22. The van der Waals surface area contributed by atoms with Gasteiger partial charge < -0.3 is 40.4 Å². The first-order chi connectivity index (χ1) is 18.8. The van der Waals surface area contributed by atoms with Gasteiger partial charge in [-0.05, 0) is 25.2 Å². The number of hydrogen-bond donors (Lipinski definition) is 4. The summed E-state index contributed by atoms with van der Waals surface area (Å²) in [6.07, 6.45) is 1.10. The van der Waals surface area contributed by atoms with E-state index in [1.165, 1.54) is 6.33 Å². The maximum Gasteiger partial charge on any atom is 0.257 e. The van der Waals surface area contributed by atoms with Crippen molar-refractivity contribution >= 4 is 34.3 Å². The van der Waals surface area contributed by atoms with Gasteiger partial charge in [-0.3, -0.25) is 9.48 Å². The van der Waals surface area contributed by atoms with Crippen LogP contribution in [-0.4, -0.2) is 102 Å². The fraction of sp³-hybridized carbons (Fsp3) is 0.400. The third-order valence-electron chi connectivity index (χ3n) is 7.27. The molecule has 1 amide bonds. The van der Waals surface area contributed by atoms with E-state index >= 15 is 0 Å². The van der Waals surface area contributed by atoms with Crippen LogP contribution in [0.2, 0.25) is 0 Å². The molecule has 14 heteroatoms. The van der Waals surface area contributed by atoms with Gasteiger partial charge in [0.2, 0.25) is 0 Å². The molecule has 4 aromatic heterocycles. The predicted molar refractivity (Wildman–Crippen MR) is 143 cm³/mol. The van der Waals surface area contributed by atoms with E-state index < -0.39 is 30.4 Å². The molecular weight excluding hydrogens is 504 g/mol. The number of carbonyl (C=O) groups is 1. The van der Waals surface area contributed by atoms with E-state index in [0.29, 0.717) is 28.1 Å². The summed E-state index contributed by atoms with van der Waals surface area (Å²) in [5, 5.41) is 29.3. The number of aliphatic hydroxyl groups is 2. The van der Waals surface area contributed by atoms with Gasteiger partial charge in [0.1, 0.15) is 35.8 Å². The van der Waals surface area contributed by atoms with Gasteiger partial charge >= 0.3 is 0 Å². The smallest absolute Gasteiger partial charge is 0.257 e. The third kappa shape index (κ3) is 4.57. The number of rotatable bonds is 5. The highest BCUT2D eigenvalue weighted by molar-refractivity contribution is 6.00. The lowest BCUT2D eigenvalue weighted by Gasteiger charge is -2.33. The van der Waals surface area contributed by atoms with Crippen molar-refractivity contribution in [2.75, 3.05) is 49.2 Å². The Kier molecular flexibility index (Phi) is 6.38. The van der Waals surface area contributed by atoms with Crippen LogP contribution in [0.1, 0.15) is 6.23 Å². The molecule has 0 unspecified atom stereocenters. The number of fused-ring (bicyclic) bond motifs is 1. The number of hydrogen-bond acceptors (Lipinski definition) is 11. The monoisotopic (exact) mass is 534 g/mol. The van der Waals surface area contributed by atoms with E-state index in [-0.39, 0.29) is 5.82 Å². The quantitative estimate of drug-likeness (QED) is 0.267. The Morgan fingerprint density at radius 3 is 2.56 bits per heavy atom. The normalized spacial score (nSPS) is 23.9. The molecule has 204 valence electrons. The molecule has 0 bridgehead atoms. The Hall–Kier alpha value is -4.11. The Morgan fingerprint density at radius 1 is 1.08 bits per heavy atom. The molecule has 6 rings (SSSR count). The lowest BCUT2D eigenvalue weighted by molar-refractivity contribution is -0.132. The molecule has 0 radical (unpaired) electrons. The van der Waals surface area contributed by atoms with Crippen LogP contribution in [-0.2, 0) is 16.6 Å². The molecule has 39 heavy (non-hydrogen) atoms. The number of pyridine rings is 1. The van der Waals surface area contributed by atoms with Crippen LogP contribution < -0.4 is 16.0 Å². The summed E-state index contributed by atoms with van der Waals surface area (Å²) in [5.41, 5.74) is 8.77. The first-order valence-corrected chi connectivity index (χ1v) is 12.6. The maximum absolute atomic E-state index is 13.1. The van der Waals surface area contributed by atoms with Crippen molar-refractivity contribution in [3.05, 3.63) is 43.1 Å². The summed E-state index contributed by atoms with van der Waals surface area (Å²) >= 11 is 0. The molecule has 0 aliphatic carbocycles. The zero-order valence-electron chi connectivity index (χ0n) is 21.5. The number of aromatic nitrogens is 6. The Labute approximate surface area is 223 Å². The van der Waals surface area contributed by atoms with E-state index in [0.717, 1.165) is 31.9 Å². The number of carbonyl (C=O) groups excluding carboxylic acids is 1. The van der Waals surface area contributed by atoms with E-state index in [2.05, 4.69) is 42.2 Å². The zero-order chi connectivity index (χ0) is 27.3. The van der Waals surface area contributed by atoms with Crippen LogP contribution >= 0.6 is 0 Å². The van der Waals surface area contributed by atoms with E-state index in [1.54, 1.807) is 41.0 Å². The molecule has 0 aromatic carbocycles. The Bertz CT molecular complexity index is 1490. The summed E-state index contributed by atoms with van der Waals surface area (Å²) < 4.78 is 9.11. The van der Waals surface area contributed by atoms with E-state index in [1.807, 2.05) is 12.1 Å². The van der Waals surface area contributed by atoms with Crippen molar-refractivity contribution in [2.45, 2.75) is 24.5 Å². The second kappa shape index (κ2) is 9.89. The molecule has 0 spiro atoms. The van der Waals surface area contributed by atoms with Gasteiger partial charge in [-0.25, -0.2) is 15.0 Å². The lowest BCUT2D eigenvalue weighted by atomic mass is 10.1. The number of ether oxygens (including phenoxy) is 1. The number of nitrogens with two attached hydrogens (primary N) is 1. The Morgan fingerprint density at radius 2 is 1.87 bits per heavy atom. The number of amides is 1. The summed E-state index contributed by atoms with van der Waals surface area (Å²) in [6.45, 7) is 3.74. The van der Waals surface area contributed by atoms with Gasteiger partial charge in [0.15, 0.2) is 12.3 Å². The highest BCUT2D eigenvalue weighted by Crippen LogP contribution is 2.38. The molecule has 4 atom stereocenters. The standard InChI is InChI=1S/C25H30N10O4/c1-32-7-9-34(10-8-32)14-3-4-17(27-11-14)30-24(38)21-19(36)20(37)25(39-21)35-12-15(16-5-6-33(2)31-16)18-22(26)28-13-29-23(18)35/h3-6,11-13,19-21,25,36-37H,7-10H2,1-2H3,(H2,26,28,29)(H,27,30,38)/t19-,20+,21-,25+/m0/s1. The highest BCUT2D eigenvalue weighted by atomic mass is 16.6. The zero-order valence-corrected chi connectivity index (χ0v) is 21.5. The fourth-order valence-electron chi connectivity index (χ4n) is 5.07. The van der Waals surface area contributed by atoms with Crippen LogP contribution in [0.3, 0.4) is 0 Å². The maximum atomic E-state index is 13.1. The molecular formula is C25H30N10O4. The van der Waals surface area contributed by atoms with Crippen LogP contribution in [0.4, 0.5) is 17.3 Å². The number of anilines is 3. The van der Waals surface area contributed by atoms with Crippen molar-refractivity contribution in [1.29, 1.82) is 0 Å². The van der Waals surface area contributed by atoms with Crippen molar-refractivity contribution in [2.24, 2.45) is 7.05 Å². The average molecular weight is 535 g/mol. The number of nitrogens with zero attached hydrogens (tertiary/aromatic N) is 8. The van der Waals surface area contributed by atoms with Crippen molar-refractivity contribution in [1.82, 2.24) is 34.2 Å². The number of aryl methyl sites for hydroxylation is 1. The van der Waals surface area contributed by atoms with Crippen molar-refractivity contribution in [3.8, 4) is 11.3 Å². The average Bonchev–Trinajstić information content (AvgIpc) is 3.61. The number of nitrogen functional groups attached to an aromatic ring is 1. The molecule has 5 N–H and O–H groups in total. The molecule has 6 heterocycles. The molecule has 2 aliphatic rings. The largest absolute Gasteiger partial charge is 0.387 e. The minimum atomic E-state index is -1.49. The minimum Gasteiger partial charge on any atom is -0.387 e. The lowest BCUT2D eigenvalue weighted by Crippen LogP contribution is -2.44. The fourth-order valence-corrected chi connectivity index (χ4v) is 5.07. The number of piperazine rings is 1. The van der Waals surface area contributed by atoms with Gasteiger partial charge in [0.25, 0.3) is 5.91 Å². The SMILES string of the molecule is CN1CCN(c2ccc(NC(=O)[C@H]3O[C@@H](n4cc(-c5ccn(C)n5)c5c(N)ncnc54)[C@H](O)[C@@H]3O)nc2)CC1. The van der Waals surface area contributed by atoms with E-state index in [4.69, 9.17) is 10.5 Å². The number of aliphatic hydroxyl groups excluding tert-OH is 2. The van der Waals surface area contributed by atoms with Crippen molar-refractivity contribution in [3.63, 3.8) is 0 Å².